The highest BCUT2D eigenvalue weighted by Crippen LogP contribution is 2.17. The molecular weight excluding hydrogens is 114 g/mol. The van der Waals surface area contributed by atoms with Crippen molar-refractivity contribution < 1.29 is 0 Å². The van der Waals surface area contributed by atoms with Gasteiger partial charge in [0, 0.05) is 12.6 Å². The molecule has 0 fully saturated rings. The summed E-state index contributed by atoms with van der Waals surface area (Å²) < 4.78 is 0. The predicted octanol–water partition coefficient (Wildman–Crippen LogP) is -0.755. The quantitative estimate of drug-likeness (QED) is 0.397. The maximum Gasteiger partial charge on any atom is 0.0509 e. The summed E-state index contributed by atoms with van der Waals surface area (Å²) in [5, 5.41) is 0. The Labute approximate surface area is 53.6 Å². The molecule has 1 unspecified atom stereocenters. The maximum atomic E-state index is 5.70. The van der Waals surface area contributed by atoms with Crippen LogP contribution in [0.4, 0.5) is 0 Å². The average molecular weight is 123 g/mol. The SMILES string of the molecule is NC1C=CC2=C1CNN2. The van der Waals surface area contributed by atoms with Crippen LogP contribution in [-0.4, -0.2) is 12.6 Å². The summed E-state index contributed by atoms with van der Waals surface area (Å²) in [6, 6.07) is 0.141. The Kier molecular flexibility index (Phi) is 0.886. The Morgan fingerprint density at radius 1 is 1.67 bits per heavy atom. The normalized spacial score (nSPS) is 31.0. The smallest absolute Gasteiger partial charge is 0.0509 e. The minimum absolute atomic E-state index is 0.141. The van der Waals surface area contributed by atoms with Gasteiger partial charge in [-0.2, -0.15) is 0 Å². The molecule has 0 amide bonds. The number of rotatable bonds is 0. The molecule has 1 aliphatic heterocycles. The van der Waals surface area contributed by atoms with E-state index in [0.717, 1.165) is 12.2 Å². The van der Waals surface area contributed by atoms with Crippen LogP contribution in [0.25, 0.3) is 0 Å². The van der Waals surface area contributed by atoms with Crippen LogP contribution in [0.1, 0.15) is 0 Å². The molecule has 0 aromatic rings. The van der Waals surface area contributed by atoms with E-state index >= 15 is 0 Å². The molecule has 0 bridgehead atoms. The van der Waals surface area contributed by atoms with Gasteiger partial charge in [-0.15, -0.1) is 0 Å². The van der Waals surface area contributed by atoms with Gasteiger partial charge in [0.15, 0.2) is 0 Å². The second kappa shape index (κ2) is 1.59. The molecule has 48 valence electrons. The molecule has 1 heterocycles. The van der Waals surface area contributed by atoms with Crippen molar-refractivity contribution in [2.45, 2.75) is 6.04 Å². The molecule has 3 heteroatoms. The molecule has 0 aromatic heterocycles. The first-order valence-electron chi connectivity index (χ1n) is 3.03. The zero-order valence-electron chi connectivity index (χ0n) is 5.02. The van der Waals surface area contributed by atoms with Gasteiger partial charge in [-0.25, -0.2) is 5.43 Å². The molecule has 0 saturated carbocycles. The van der Waals surface area contributed by atoms with Crippen LogP contribution < -0.4 is 16.6 Å². The third-order valence-electron chi connectivity index (χ3n) is 1.72. The van der Waals surface area contributed by atoms with Crippen molar-refractivity contribution >= 4 is 0 Å². The van der Waals surface area contributed by atoms with E-state index in [1.165, 1.54) is 5.57 Å². The van der Waals surface area contributed by atoms with Crippen LogP contribution in [0.3, 0.4) is 0 Å². The van der Waals surface area contributed by atoms with Gasteiger partial charge in [-0.05, 0) is 11.6 Å². The van der Waals surface area contributed by atoms with E-state index in [1.807, 2.05) is 12.2 Å². The minimum Gasteiger partial charge on any atom is -0.321 e. The molecule has 3 nitrogen and oxygen atoms in total. The molecule has 0 spiro atoms. The van der Waals surface area contributed by atoms with Crippen LogP contribution in [0.15, 0.2) is 23.4 Å². The molecular formula is C6H9N3. The second-order valence-electron chi connectivity index (χ2n) is 2.30. The van der Waals surface area contributed by atoms with Gasteiger partial charge in [-0.1, -0.05) is 6.08 Å². The third-order valence-corrected chi connectivity index (χ3v) is 1.72. The summed E-state index contributed by atoms with van der Waals surface area (Å²) in [4.78, 5) is 0. The van der Waals surface area contributed by atoms with Crippen molar-refractivity contribution in [3.63, 3.8) is 0 Å². The molecule has 2 aliphatic rings. The van der Waals surface area contributed by atoms with Gasteiger partial charge in [0.25, 0.3) is 0 Å². The summed E-state index contributed by atoms with van der Waals surface area (Å²) in [5.41, 5.74) is 14.1. The molecule has 0 saturated heterocycles. The van der Waals surface area contributed by atoms with Crippen molar-refractivity contribution in [3.05, 3.63) is 23.4 Å². The van der Waals surface area contributed by atoms with Crippen molar-refractivity contribution in [3.8, 4) is 0 Å². The monoisotopic (exact) mass is 123 g/mol. The first kappa shape index (κ1) is 5.02. The summed E-state index contributed by atoms with van der Waals surface area (Å²) in [6.07, 6.45) is 4.01. The summed E-state index contributed by atoms with van der Waals surface area (Å²) in [6.45, 7) is 0.878. The van der Waals surface area contributed by atoms with Crippen molar-refractivity contribution in [2.24, 2.45) is 5.73 Å². The lowest BCUT2D eigenvalue weighted by Crippen LogP contribution is -2.26. The largest absolute Gasteiger partial charge is 0.321 e. The van der Waals surface area contributed by atoms with Crippen molar-refractivity contribution in [2.75, 3.05) is 6.54 Å². The van der Waals surface area contributed by atoms with Crippen LogP contribution in [-0.2, 0) is 0 Å². The van der Waals surface area contributed by atoms with E-state index in [-0.39, 0.29) is 6.04 Å². The zero-order chi connectivity index (χ0) is 6.27. The fourth-order valence-corrected chi connectivity index (χ4v) is 1.17. The second-order valence-corrected chi connectivity index (χ2v) is 2.30. The highest BCUT2D eigenvalue weighted by atomic mass is 15.4. The van der Waals surface area contributed by atoms with Crippen LogP contribution in [0, 0.1) is 0 Å². The van der Waals surface area contributed by atoms with Crippen LogP contribution >= 0.6 is 0 Å². The van der Waals surface area contributed by atoms with Gasteiger partial charge in [0.1, 0.15) is 0 Å². The average Bonchev–Trinajstić information content (AvgIpc) is 2.35. The van der Waals surface area contributed by atoms with Gasteiger partial charge in [-0.3, -0.25) is 0 Å². The van der Waals surface area contributed by atoms with Crippen LogP contribution in [0.2, 0.25) is 0 Å². The maximum absolute atomic E-state index is 5.70. The van der Waals surface area contributed by atoms with Gasteiger partial charge in [0.05, 0.1) is 5.70 Å². The van der Waals surface area contributed by atoms with Gasteiger partial charge >= 0.3 is 0 Å². The lowest BCUT2D eigenvalue weighted by Gasteiger charge is -2.00. The standard InChI is InChI=1S/C6H9N3/c7-5-1-2-6-4(5)3-8-9-6/h1-2,5,8-9H,3,7H2. The predicted molar refractivity (Wildman–Crippen MR) is 35.3 cm³/mol. The van der Waals surface area contributed by atoms with E-state index in [1.54, 1.807) is 0 Å². The van der Waals surface area contributed by atoms with E-state index in [4.69, 9.17) is 5.73 Å². The fourth-order valence-electron chi connectivity index (χ4n) is 1.17. The molecule has 2 rings (SSSR count). The summed E-state index contributed by atoms with van der Waals surface area (Å²) in [5.74, 6) is 0. The molecule has 1 aliphatic carbocycles. The molecule has 1 atom stereocenters. The number of hydrazine groups is 1. The summed E-state index contributed by atoms with van der Waals surface area (Å²) in [7, 11) is 0. The molecule has 0 aromatic carbocycles. The number of allylic oxidation sites excluding steroid dienone is 1. The Morgan fingerprint density at radius 2 is 2.56 bits per heavy atom. The third kappa shape index (κ3) is 0.588. The van der Waals surface area contributed by atoms with Crippen molar-refractivity contribution in [1.82, 2.24) is 10.9 Å². The van der Waals surface area contributed by atoms with Gasteiger partial charge in [0.2, 0.25) is 0 Å². The number of nitrogens with one attached hydrogen (secondary N) is 2. The fraction of sp³-hybridized carbons (Fsp3) is 0.333. The Balaban J connectivity index is 2.33. The van der Waals surface area contributed by atoms with E-state index in [2.05, 4.69) is 10.9 Å². The number of nitrogens with two attached hydrogens (primary N) is 1. The Hall–Kier alpha value is -0.800. The van der Waals surface area contributed by atoms with E-state index in [0.29, 0.717) is 0 Å². The zero-order valence-corrected chi connectivity index (χ0v) is 5.02. The van der Waals surface area contributed by atoms with Crippen LogP contribution in [0.5, 0.6) is 0 Å². The lowest BCUT2D eigenvalue weighted by molar-refractivity contribution is 0.696. The highest BCUT2D eigenvalue weighted by molar-refractivity contribution is 5.41. The highest BCUT2D eigenvalue weighted by Gasteiger charge is 2.20. The van der Waals surface area contributed by atoms with E-state index in [9.17, 15) is 0 Å². The van der Waals surface area contributed by atoms with Gasteiger partial charge < -0.3 is 11.2 Å². The summed E-state index contributed by atoms with van der Waals surface area (Å²) >= 11 is 0. The first-order valence-corrected chi connectivity index (χ1v) is 3.03. The molecule has 4 N–H and O–H groups in total. The Morgan fingerprint density at radius 3 is 3.33 bits per heavy atom. The topological polar surface area (TPSA) is 50.1 Å². The Bertz CT molecular complexity index is 192. The molecule has 0 radical (unpaired) electrons. The number of hydrogen-bond acceptors (Lipinski definition) is 3. The lowest BCUT2D eigenvalue weighted by atomic mass is 10.2. The molecule has 9 heavy (non-hydrogen) atoms. The minimum atomic E-state index is 0.141. The first-order chi connectivity index (χ1) is 4.38. The van der Waals surface area contributed by atoms with Crippen molar-refractivity contribution in [1.29, 1.82) is 0 Å². The number of hydrogen-bond donors (Lipinski definition) is 3. The van der Waals surface area contributed by atoms with E-state index < -0.39 is 0 Å².